The Bertz CT molecular complexity index is 310. The van der Waals surface area contributed by atoms with E-state index in [2.05, 4.69) is 31.3 Å². The van der Waals surface area contributed by atoms with E-state index in [1.165, 1.54) is 0 Å². The van der Waals surface area contributed by atoms with Crippen LogP contribution in [0.4, 0.5) is 0 Å². The monoisotopic (exact) mass is 225 g/mol. The molecule has 0 aliphatic carbocycles. The van der Waals surface area contributed by atoms with E-state index >= 15 is 0 Å². The highest BCUT2D eigenvalue weighted by Gasteiger charge is 2.28. The van der Waals surface area contributed by atoms with Crippen LogP contribution in [-0.4, -0.2) is 34.3 Å². The van der Waals surface area contributed by atoms with E-state index in [1.807, 2.05) is 11.2 Å². The Labute approximate surface area is 96.0 Å². The standard InChI is InChI=1S/C11H19N3O2/c1-11(2,3)14-8-10(16-12-14)13-6-4-9(15)5-7-13/h8,12H,4-7H2,1-3H3. The summed E-state index contributed by atoms with van der Waals surface area (Å²) in [6, 6.07) is 0. The maximum absolute atomic E-state index is 11.1. The van der Waals surface area contributed by atoms with Gasteiger partial charge in [-0.25, -0.2) is 0 Å². The lowest BCUT2D eigenvalue weighted by molar-refractivity contribution is -0.122. The normalized spacial score (nSPS) is 22.2. The van der Waals surface area contributed by atoms with Crippen LogP contribution in [0.1, 0.15) is 33.6 Å². The molecule has 2 aliphatic heterocycles. The summed E-state index contributed by atoms with van der Waals surface area (Å²) in [6.07, 6.45) is 3.20. The third kappa shape index (κ3) is 2.29. The van der Waals surface area contributed by atoms with Crippen LogP contribution in [0.25, 0.3) is 0 Å². The summed E-state index contributed by atoms with van der Waals surface area (Å²) in [4.78, 5) is 18.6. The van der Waals surface area contributed by atoms with E-state index in [-0.39, 0.29) is 5.54 Å². The molecule has 16 heavy (non-hydrogen) atoms. The highest BCUT2D eigenvalue weighted by molar-refractivity contribution is 5.79. The number of likely N-dealkylation sites (tertiary alicyclic amines) is 1. The zero-order valence-electron chi connectivity index (χ0n) is 10.1. The van der Waals surface area contributed by atoms with Crippen molar-refractivity contribution in [2.24, 2.45) is 0 Å². The smallest absolute Gasteiger partial charge is 0.234 e. The Balaban J connectivity index is 1.99. The van der Waals surface area contributed by atoms with Crippen LogP contribution in [0.15, 0.2) is 12.1 Å². The van der Waals surface area contributed by atoms with Crippen molar-refractivity contribution in [2.45, 2.75) is 39.2 Å². The Morgan fingerprint density at radius 1 is 1.31 bits per heavy atom. The molecule has 0 spiro atoms. The number of nitrogens with one attached hydrogen (secondary N) is 1. The summed E-state index contributed by atoms with van der Waals surface area (Å²) in [7, 11) is 0. The van der Waals surface area contributed by atoms with Crippen molar-refractivity contribution in [3.05, 3.63) is 12.1 Å². The third-order valence-electron chi connectivity index (χ3n) is 2.84. The molecule has 2 aliphatic rings. The van der Waals surface area contributed by atoms with Gasteiger partial charge in [0.15, 0.2) is 0 Å². The van der Waals surface area contributed by atoms with Crippen molar-refractivity contribution in [1.82, 2.24) is 15.5 Å². The van der Waals surface area contributed by atoms with Crippen molar-refractivity contribution in [3.8, 4) is 0 Å². The average Bonchev–Trinajstić information content (AvgIpc) is 2.67. The Morgan fingerprint density at radius 3 is 2.44 bits per heavy atom. The van der Waals surface area contributed by atoms with Gasteiger partial charge in [-0.1, -0.05) is 5.59 Å². The lowest BCUT2D eigenvalue weighted by Gasteiger charge is -2.28. The van der Waals surface area contributed by atoms with Gasteiger partial charge in [-0.2, -0.15) is 0 Å². The molecule has 2 rings (SSSR count). The summed E-state index contributed by atoms with van der Waals surface area (Å²) in [6.45, 7) is 7.81. The first kappa shape index (κ1) is 11.3. The zero-order chi connectivity index (χ0) is 11.8. The number of carbonyl (C=O) groups excluding carboxylic acids is 1. The molecule has 1 fully saturated rings. The van der Waals surface area contributed by atoms with E-state index in [4.69, 9.17) is 4.84 Å². The van der Waals surface area contributed by atoms with E-state index < -0.39 is 0 Å². The number of ketones is 1. The molecule has 5 nitrogen and oxygen atoms in total. The van der Waals surface area contributed by atoms with Crippen LogP contribution in [0.2, 0.25) is 0 Å². The van der Waals surface area contributed by atoms with E-state index in [0.717, 1.165) is 19.0 Å². The highest BCUT2D eigenvalue weighted by Crippen LogP contribution is 2.21. The second-order valence-electron chi connectivity index (χ2n) is 5.23. The van der Waals surface area contributed by atoms with Crippen LogP contribution < -0.4 is 5.59 Å². The molecule has 0 unspecified atom stereocenters. The van der Waals surface area contributed by atoms with Gasteiger partial charge in [-0.3, -0.25) is 9.80 Å². The average molecular weight is 225 g/mol. The lowest BCUT2D eigenvalue weighted by atomic mass is 10.1. The molecular formula is C11H19N3O2. The van der Waals surface area contributed by atoms with E-state index in [1.54, 1.807) is 0 Å². The van der Waals surface area contributed by atoms with Gasteiger partial charge in [0, 0.05) is 25.9 Å². The number of hydrogen-bond acceptors (Lipinski definition) is 5. The van der Waals surface area contributed by atoms with Crippen molar-refractivity contribution < 1.29 is 9.63 Å². The topological polar surface area (TPSA) is 44.8 Å². The molecule has 0 aromatic heterocycles. The van der Waals surface area contributed by atoms with Crippen LogP contribution in [0.5, 0.6) is 0 Å². The Hall–Kier alpha value is -1.23. The molecule has 0 aromatic carbocycles. The van der Waals surface area contributed by atoms with Gasteiger partial charge in [-0.05, 0) is 20.8 Å². The molecule has 0 saturated carbocycles. The van der Waals surface area contributed by atoms with Gasteiger partial charge in [0.05, 0.1) is 11.7 Å². The number of rotatable bonds is 1. The van der Waals surface area contributed by atoms with Crippen molar-refractivity contribution in [1.29, 1.82) is 0 Å². The van der Waals surface area contributed by atoms with Gasteiger partial charge in [-0.15, -0.1) is 0 Å². The second-order valence-corrected chi connectivity index (χ2v) is 5.23. The van der Waals surface area contributed by atoms with Gasteiger partial charge < -0.3 is 9.74 Å². The first-order chi connectivity index (χ1) is 7.47. The molecule has 2 heterocycles. The molecular weight excluding hydrogens is 206 g/mol. The highest BCUT2D eigenvalue weighted by atomic mass is 16.7. The van der Waals surface area contributed by atoms with Crippen molar-refractivity contribution in [2.75, 3.05) is 13.1 Å². The van der Waals surface area contributed by atoms with Crippen LogP contribution in [-0.2, 0) is 9.63 Å². The number of carbonyl (C=O) groups is 1. The molecule has 0 bridgehead atoms. The predicted octanol–water partition coefficient (Wildman–Crippen LogP) is 1.00. The molecule has 0 radical (unpaired) electrons. The molecule has 90 valence electrons. The van der Waals surface area contributed by atoms with E-state index in [0.29, 0.717) is 18.6 Å². The quantitative estimate of drug-likeness (QED) is 0.721. The third-order valence-corrected chi connectivity index (χ3v) is 2.84. The van der Waals surface area contributed by atoms with Crippen LogP contribution in [0, 0.1) is 0 Å². The fraction of sp³-hybridized carbons (Fsp3) is 0.727. The SMILES string of the molecule is CC(C)(C)N1C=C(N2CCC(=O)CC2)ON1. The van der Waals surface area contributed by atoms with Gasteiger partial charge in [0.25, 0.3) is 0 Å². The van der Waals surface area contributed by atoms with Crippen LogP contribution >= 0.6 is 0 Å². The van der Waals surface area contributed by atoms with Crippen molar-refractivity contribution in [3.63, 3.8) is 0 Å². The molecule has 1 saturated heterocycles. The summed E-state index contributed by atoms with van der Waals surface area (Å²) in [5, 5.41) is 1.93. The minimum atomic E-state index is -0.0205. The first-order valence-corrected chi connectivity index (χ1v) is 5.67. The largest absolute Gasteiger partial charge is 0.369 e. The second kappa shape index (κ2) is 3.97. The fourth-order valence-corrected chi connectivity index (χ4v) is 1.71. The number of nitrogens with zero attached hydrogens (tertiary/aromatic N) is 2. The van der Waals surface area contributed by atoms with Gasteiger partial charge in [0.1, 0.15) is 5.78 Å². The van der Waals surface area contributed by atoms with Crippen molar-refractivity contribution >= 4 is 5.78 Å². The van der Waals surface area contributed by atoms with E-state index in [9.17, 15) is 4.79 Å². The molecule has 0 aromatic rings. The van der Waals surface area contributed by atoms with Gasteiger partial charge >= 0.3 is 0 Å². The summed E-state index contributed by atoms with van der Waals surface area (Å²) in [5.41, 5.74) is 2.85. The fourth-order valence-electron chi connectivity index (χ4n) is 1.71. The minimum Gasteiger partial charge on any atom is -0.369 e. The molecule has 1 N–H and O–H groups in total. The number of hydrogen-bond donors (Lipinski definition) is 1. The Morgan fingerprint density at radius 2 is 1.94 bits per heavy atom. The predicted molar refractivity (Wildman–Crippen MR) is 59.7 cm³/mol. The summed E-state index contributed by atoms with van der Waals surface area (Å²) >= 11 is 0. The minimum absolute atomic E-state index is 0.0205. The van der Waals surface area contributed by atoms with Gasteiger partial charge in [0.2, 0.25) is 5.88 Å². The molecule has 0 atom stereocenters. The molecule has 0 amide bonds. The molecule has 5 heteroatoms. The maximum Gasteiger partial charge on any atom is 0.234 e. The first-order valence-electron chi connectivity index (χ1n) is 5.67. The van der Waals surface area contributed by atoms with Crippen LogP contribution in [0.3, 0.4) is 0 Å². The number of Topliss-reactive ketones (excluding diaryl/α,β-unsaturated/α-hetero) is 1. The summed E-state index contributed by atoms with van der Waals surface area (Å²) in [5.74, 6) is 1.15. The number of piperidine rings is 1. The summed E-state index contributed by atoms with van der Waals surface area (Å²) < 4.78 is 0. The number of hydrazine groups is 1. The zero-order valence-corrected chi connectivity index (χ0v) is 10.1. The Kier molecular flexibility index (Phi) is 2.80. The lowest BCUT2D eigenvalue weighted by Crippen LogP contribution is -2.43. The maximum atomic E-state index is 11.1.